The van der Waals surface area contributed by atoms with Crippen LogP contribution in [0.1, 0.15) is 16.1 Å². The number of aryl methyl sites for hydroxylation is 1. The van der Waals surface area contributed by atoms with Gasteiger partial charge in [0.25, 0.3) is 5.56 Å². The summed E-state index contributed by atoms with van der Waals surface area (Å²) in [4.78, 5) is 24.4. The lowest BCUT2D eigenvalue weighted by Gasteiger charge is -2.09. The molecule has 3 aromatic rings. The number of halogens is 3. The summed E-state index contributed by atoms with van der Waals surface area (Å²) in [5.74, 6) is -0.927. The molecule has 8 heteroatoms. The molecule has 0 spiro atoms. The van der Waals surface area contributed by atoms with Gasteiger partial charge in [-0.25, -0.2) is 9.48 Å². The molecule has 1 aromatic heterocycles. The van der Waals surface area contributed by atoms with Crippen LogP contribution in [0.25, 0.3) is 10.8 Å². The Morgan fingerprint density at radius 1 is 1.04 bits per heavy atom. The van der Waals surface area contributed by atoms with Gasteiger partial charge in [-0.3, -0.25) is 4.79 Å². The molecule has 0 amide bonds. The van der Waals surface area contributed by atoms with E-state index in [0.29, 0.717) is 10.8 Å². The molecule has 0 saturated carbocycles. The first kappa shape index (κ1) is 16.7. The van der Waals surface area contributed by atoms with Gasteiger partial charge in [0.1, 0.15) is 5.75 Å². The van der Waals surface area contributed by atoms with E-state index >= 15 is 0 Å². The van der Waals surface area contributed by atoms with Gasteiger partial charge >= 0.3 is 12.1 Å². The third kappa shape index (κ3) is 3.23. The molecule has 0 unspecified atom stereocenters. The zero-order valence-corrected chi connectivity index (χ0v) is 12.9. The molecule has 128 valence electrons. The van der Waals surface area contributed by atoms with Gasteiger partial charge in [-0.05, 0) is 30.3 Å². The van der Waals surface area contributed by atoms with Crippen molar-refractivity contribution in [3.8, 4) is 5.75 Å². The van der Waals surface area contributed by atoms with Gasteiger partial charge in [0.2, 0.25) is 0 Å². The summed E-state index contributed by atoms with van der Waals surface area (Å²) in [5.41, 5.74) is -1.32. The second-order valence-corrected chi connectivity index (χ2v) is 5.23. The number of hydrogen-bond acceptors (Lipinski definition) is 4. The second kappa shape index (κ2) is 6.04. The van der Waals surface area contributed by atoms with Crippen molar-refractivity contribution in [1.82, 2.24) is 9.78 Å². The van der Waals surface area contributed by atoms with Crippen LogP contribution in [0.3, 0.4) is 0 Å². The Morgan fingerprint density at radius 2 is 1.64 bits per heavy atom. The number of carbonyl (C=O) groups is 1. The molecule has 0 fully saturated rings. The normalized spacial score (nSPS) is 11.5. The van der Waals surface area contributed by atoms with Crippen LogP contribution in [0, 0.1) is 0 Å². The molecule has 0 bridgehead atoms. The monoisotopic (exact) mass is 348 g/mol. The van der Waals surface area contributed by atoms with Crippen molar-refractivity contribution in [3.05, 3.63) is 70.1 Å². The van der Waals surface area contributed by atoms with Crippen molar-refractivity contribution in [3.63, 3.8) is 0 Å². The zero-order valence-electron chi connectivity index (χ0n) is 12.9. The van der Waals surface area contributed by atoms with Crippen molar-refractivity contribution in [2.24, 2.45) is 7.05 Å². The molecule has 0 aliphatic carbocycles. The van der Waals surface area contributed by atoms with Crippen molar-refractivity contribution < 1.29 is 22.7 Å². The minimum atomic E-state index is -4.47. The maximum atomic E-state index is 12.6. The van der Waals surface area contributed by atoms with Crippen molar-refractivity contribution in [2.75, 3.05) is 0 Å². The fourth-order valence-corrected chi connectivity index (χ4v) is 2.32. The molecule has 0 aliphatic rings. The Morgan fingerprint density at radius 3 is 2.24 bits per heavy atom. The fraction of sp³-hybridized carbons (Fsp3) is 0.118. The van der Waals surface area contributed by atoms with Crippen LogP contribution in [0.5, 0.6) is 5.75 Å². The van der Waals surface area contributed by atoms with E-state index in [9.17, 15) is 22.8 Å². The quantitative estimate of drug-likeness (QED) is 0.527. The molecular formula is C17H11F3N2O3. The Bertz CT molecular complexity index is 1010. The van der Waals surface area contributed by atoms with E-state index in [1.807, 2.05) is 0 Å². The molecule has 0 saturated heterocycles. The van der Waals surface area contributed by atoms with Gasteiger partial charge in [-0.15, -0.1) is 0 Å². The van der Waals surface area contributed by atoms with Gasteiger partial charge in [-0.1, -0.05) is 18.2 Å². The summed E-state index contributed by atoms with van der Waals surface area (Å²) >= 11 is 0. The number of hydrogen-bond donors (Lipinski definition) is 0. The number of nitrogens with zero attached hydrogens (tertiary/aromatic N) is 2. The van der Waals surface area contributed by atoms with Crippen LogP contribution in [-0.2, 0) is 13.2 Å². The van der Waals surface area contributed by atoms with Crippen molar-refractivity contribution >= 4 is 16.7 Å². The molecule has 5 nitrogen and oxygen atoms in total. The molecule has 25 heavy (non-hydrogen) atoms. The van der Waals surface area contributed by atoms with E-state index in [1.54, 1.807) is 24.3 Å². The van der Waals surface area contributed by atoms with E-state index in [0.717, 1.165) is 28.9 Å². The van der Waals surface area contributed by atoms with E-state index < -0.39 is 17.7 Å². The average Bonchev–Trinajstić information content (AvgIpc) is 2.57. The minimum absolute atomic E-state index is 0.0577. The Labute approximate surface area is 139 Å². The predicted octanol–water partition coefficient (Wildman–Crippen LogP) is 3.17. The van der Waals surface area contributed by atoms with Crippen LogP contribution >= 0.6 is 0 Å². The summed E-state index contributed by atoms with van der Waals surface area (Å²) in [6, 6.07) is 10.1. The maximum Gasteiger partial charge on any atom is 0.416 e. The number of ether oxygens (including phenoxy) is 1. The lowest BCUT2D eigenvalue weighted by Crippen LogP contribution is -2.24. The summed E-state index contributed by atoms with van der Waals surface area (Å²) in [5, 5.41) is 4.50. The number of fused-ring (bicyclic) bond motifs is 1. The predicted molar refractivity (Wildman–Crippen MR) is 83.4 cm³/mol. The first-order valence-corrected chi connectivity index (χ1v) is 7.13. The topological polar surface area (TPSA) is 61.2 Å². The molecule has 0 radical (unpaired) electrons. The molecule has 1 heterocycles. The number of alkyl halides is 3. The van der Waals surface area contributed by atoms with Gasteiger partial charge < -0.3 is 4.74 Å². The SMILES string of the molecule is Cn1nc(C(=O)Oc2ccc(C(F)(F)F)cc2)c2ccccc2c1=O. The second-order valence-electron chi connectivity index (χ2n) is 5.23. The van der Waals surface area contributed by atoms with Crippen molar-refractivity contribution in [2.45, 2.75) is 6.18 Å². The minimum Gasteiger partial charge on any atom is -0.422 e. The van der Waals surface area contributed by atoms with Gasteiger partial charge in [-0.2, -0.15) is 18.3 Å². The number of esters is 1. The molecule has 0 N–H and O–H groups in total. The number of carbonyl (C=O) groups excluding carboxylic acids is 1. The van der Waals surface area contributed by atoms with Crippen LogP contribution in [0.15, 0.2) is 53.3 Å². The summed E-state index contributed by atoms with van der Waals surface area (Å²) < 4.78 is 43.8. The summed E-state index contributed by atoms with van der Waals surface area (Å²) in [6.07, 6.45) is -4.47. The first-order chi connectivity index (χ1) is 11.8. The van der Waals surface area contributed by atoms with Gasteiger partial charge in [0.05, 0.1) is 10.9 Å². The summed E-state index contributed by atoms with van der Waals surface area (Å²) in [7, 11) is 1.39. The van der Waals surface area contributed by atoms with Crippen LogP contribution in [-0.4, -0.2) is 15.7 Å². The highest BCUT2D eigenvalue weighted by Crippen LogP contribution is 2.30. The lowest BCUT2D eigenvalue weighted by atomic mass is 10.1. The van der Waals surface area contributed by atoms with E-state index in [-0.39, 0.29) is 17.0 Å². The first-order valence-electron chi connectivity index (χ1n) is 7.13. The molecule has 0 atom stereocenters. The van der Waals surface area contributed by atoms with E-state index in [1.165, 1.54) is 7.05 Å². The molecule has 3 rings (SSSR count). The number of benzene rings is 2. The highest BCUT2D eigenvalue weighted by atomic mass is 19.4. The standard InChI is InChI=1S/C17H11F3N2O3/c1-22-15(23)13-5-3-2-4-12(13)14(21-22)16(24)25-11-8-6-10(7-9-11)17(18,19)20/h2-9H,1H3. The van der Waals surface area contributed by atoms with Crippen LogP contribution < -0.4 is 10.3 Å². The van der Waals surface area contributed by atoms with E-state index in [2.05, 4.69) is 5.10 Å². The third-order valence-corrected chi connectivity index (χ3v) is 3.54. The third-order valence-electron chi connectivity index (χ3n) is 3.54. The highest BCUT2D eigenvalue weighted by Gasteiger charge is 2.30. The van der Waals surface area contributed by atoms with Crippen LogP contribution in [0.4, 0.5) is 13.2 Å². The Balaban J connectivity index is 1.96. The van der Waals surface area contributed by atoms with Gasteiger partial charge in [0.15, 0.2) is 5.69 Å². The maximum absolute atomic E-state index is 12.6. The number of rotatable bonds is 2. The van der Waals surface area contributed by atoms with E-state index in [4.69, 9.17) is 4.74 Å². The van der Waals surface area contributed by atoms with Crippen LogP contribution in [0.2, 0.25) is 0 Å². The fourth-order valence-electron chi connectivity index (χ4n) is 2.32. The molecular weight excluding hydrogens is 337 g/mol. The molecule has 0 aliphatic heterocycles. The highest BCUT2D eigenvalue weighted by molar-refractivity contribution is 6.02. The zero-order chi connectivity index (χ0) is 18.2. The largest absolute Gasteiger partial charge is 0.422 e. The van der Waals surface area contributed by atoms with Crippen molar-refractivity contribution in [1.29, 1.82) is 0 Å². The lowest BCUT2D eigenvalue weighted by molar-refractivity contribution is -0.137. The number of aromatic nitrogens is 2. The van der Waals surface area contributed by atoms with Gasteiger partial charge in [0, 0.05) is 12.4 Å². The average molecular weight is 348 g/mol. The Hall–Kier alpha value is -3.16. The summed E-state index contributed by atoms with van der Waals surface area (Å²) in [6.45, 7) is 0. The Kier molecular flexibility index (Phi) is 4.03. The smallest absolute Gasteiger partial charge is 0.416 e. The molecule has 2 aromatic carbocycles.